The Labute approximate surface area is 138 Å². The van der Waals surface area contributed by atoms with Gasteiger partial charge >= 0.3 is 5.97 Å². The largest absolute Gasteiger partial charge is 0.472 e. The number of esters is 1. The quantitative estimate of drug-likeness (QED) is 0.447. The minimum atomic E-state index is -2.07. The summed E-state index contributed by atoms with van der Waals surface area (Å²) in [6.07, 6.45) is 4.26. The molecule has 0 aromatic carbocycles. The summed E-state index contributed by atoms with van der Waals surface area (Å²) in [5.41, 5.74) is 1.12. The first-order valence-corrected chi connectivity index (χ1v) is 10.8. The highest BCUT2D eigenvalue weighted by Gasteiger charge is 2.48. The Bertz CT molecular complexity index is 556. The minimum Gasteiger partial charge on any atom is -0.472 e. The predicted octanol–water partition coefficient (Wildman–Crippen LogP) is 3.18. The molecule has 6 heteroatoms. The Balaban J connectivity index is 2.31. The first kappa shape index (κ1) is 17.9. The number of ether oxygens (including phenoxy) is 2. The van der Waals surface area contributed by atoms with Crippen LogP contribution in [0.25, 0.3) is 0 Å². The van der Waals surface area contributed by atoms with Gasteiger partial charge in [0.05, 0.1) is 24.9 Å². The number of carbonyl (C=O) groups is 2. The maximum Gasteiger partial charge on any atom is 0.337 e. The second-order valence-electron chi connectivity index (χ2n) is 7.64. The van der Waals surface area contributed by atoms with Crippen LogP contribution in [-0.2, 0) is 23.5 Å². The van der Waals surface area contributed by atoms with Crippen LogP contribution in [0.4, 0.5) is 0 Å². The zero-order valence-corrected chi connectivity index (χ0v) is 15.7. The summed E-state index contributed by atoms with van der Waals surface area (Å²) < 4.78 is 16.9. The van der Waals surface area contributed by atoms with Gasteiger partial charge < -0.3 is 13.9 Å². The van der Waals surface area contributed by atoms with E-state index in [0.717, 1.165) is 6.29 Å². The lowest BCUT2D eigenvalue weighted by atomic mass is 9.84. The molecule has 0 fully saturated rings. The molecule has 0 aromatic heterocycles. The van der Waals surface area contributed by atoms with Crippen molar-refractivity contribution in [2.24, 2.45) is 11.8 Å². The molecule has 1 heterocycles. The number of methoxy groups -OCH3 is 1. The number of rotatable bonds is 4. The summed E-state index contributed by atoms with van der Waals surface area (Å²) in [6.45, 7) is 10.7. The fourth-order valence-corrected chi connectivity index (χ4v) is 3.91. The summed E-state index contributed by atoms with van der Waals surface area (Å²) in [5.74, 6) is -0.779. The van der Waals surface area contributed by atoms with E-state index in [2.05, 4.69) is 33.9 Å². The molecule has 3 atom stereocenters. The van der Waals surface area contributed by atoms with Crippen molar-refractivity contribution in [2.45, 2.75) is 51.6 Å². The summed E-state index contributed by atoms with van der Waals surface area (Å²) in [7, 11) is -0.719. The van der Waals surface area contributed by atoms with Gasteiger partial charge in [0.2, 0.25) is 0 Å². The number of fused-ring (bicyclic) bond motifs is 1. The van der Waals surface area contributed by atoms with E-state index >= 15 is 0 Å². The molecule has 1 aliphatic carbocycles. The first-order chi connectivity index (χ1) is 10.6. The van der Waals surface area contributed by atoms with E-state index in [4.69, 9.17) is 13.9 Å². The highest BCUT2D eigenvalue weighted by Crippen LogP contribution is 2.46. The lowest BCUT2D eigenvalue weighted by molar-refractivity contribution is -0.141. The van der Waals surface area contributed by atoms with Crippen LogP contribution in [0.5, 0.6) is 0 Å². The Morgan fingerprint density at radius 3 is 2.57 bits per heavy atom. The van der Waals surface area contributed by atoms with E-state index < -0.39 is 20.6 Å². The van der Waals surface area contributed by atoms with E-state index in [1.54, 1.807) is 0 Å². The summed E-state index contributed by atoms with van der Waals surface area (Å²) in [6, 6.07) is 0. The third kappa shape index (κ3) is 3.28. The van der Waals surface area contributed by atoms with Gasteiger partial charge in [0.25, 0.3) is 0 Å². The smallest absolute Gasteiger partial charge is 0.337 e. The van der Waals surface area contributed by atoms with Crippen molar-refractivity contribution in [1.29, 1.82) is 0 Å². The number of aldehydes is 1. The Morgan fingerprint density at radius 2 is 2.04 bits per heavy atom. The van der Waals surface area contributed by atoms with Gasteiger partial charge in [0.15, 0.2) is 14.6 Å². The van der Waals surface area contributed by atoms with E-state index in [0.29, 0.717) is 17.6 Å². The van der Waals surface area contributed by atoms with E-state index in [1.165, 1.54) is 13.4 Å². The molecule has 0 saturated heterocycles. The maximum absolute atomic E-state index is 11.9. The average molecular weight is 338 g/mol. The third-order valence-electron chi connectivity index (χ3n) is 5.22. The first-order valence-electron chi connectivity index (χ1n) is 7.89. The molecule has 3 unspecified atom stereocenters. The molecule has 5 nitrogen and oxygen atoms in total. The highest BCUT2D eigenvalue weighted by atomic mass is 28.4. The van der Waals surface area contributed by atoms with Crippen LogP contribution in [0.3, 0.4) is 0 Å². The van der Waals surface area contributed by atoms with Gasteiger partial charge in [-0.1, -0.05) is 26.8 Å². The third-order valence-corrected chi connectivity index (χ3v) is 9.66. The van der Waals surface area contributed by atoms with Crippen LogP contribution in [0.1, 0.15) is 27.2 Å². The second-order valence-corrected chi connectivity index (χ2v) is 12.4. The number of hydrogen-bond acceptors (Lipinski definition) is 5. The van der Waals surface area contributed by atoms with Gasteiger partial charge in [-0.15, -0.1) is 0 Å². The Kier molecular flexibility index (Phi) is 4.87. The van der Waals surface area contributed by atoms with Crippen molar-refractivity contribution in [2.75, 3.05) is 7.11 Å². The van der Waals surface area contributed by atoms with E-state index in [-0.39, 0.29) is 16.9 Å². The molecule has 0 spiro atoms. The van der Waals surface area contributed by atoms with Crippen LogP contribution >= 0.6 is 0 Å². The van der Waals surface area contributed by atoms with Crippen LogP contribution in [-0.4, -0.2) is 34.0 Å². The number of allylic oxidation sites excluding steroid dienone is 1. The average Bonchev–Trinajstić information content (AvgIpc) is 2.89. The Hall–Kier alpha value is -1.40. The maximum atomic E-state index is 11.9. The van der Waals surface area contributed by atoms with Gasteiger partial charge in [0.1, 0.15) is 6.29 Å². The number of carbonyl (C=O) groups excluding carboxylic acids is 2. The van der Waals surface area contributed by atoms with Gasteiger partial charge in [-0.25, -0.2) is 4.79 Å². The van der Waals surface area contributed by atoms with Crippen LogP contribution in [0, 0.1) is 11.8 Å². The van der Waals surface area contributed by atoms with Gasteiger partial charge in [0, 0.05) is 5.92 Å². The van der Waals surface area contributed by atoms with Crippen LogP contribution < -0.4 is 0 Å². The molecule has 0 amide bonds. The molecule has 128 valence electrons. The molecule has 1 aliphatic heterocycles. The lowest BCUT2D eigenvalue weighted by Gasteiger charge is -2.43. The topological polar surface area (TPSA) is 61.8 Å². The van der Waals surface area contributed by atoms with Crippen LogP contribution in [0.15, 0.2) is 23.5 Å². The lowest BCUT2D eigenvalue weighted by Crippen LogP contribution is -2.48. The van der Waals surface area contributed by atoms with E-state index in [1.807, 2.05) is 6.08 Å². The normalized spacial score (nSPS) is 27.5. The monoisotopic (exact) mass is 338 g/mol. The fraction of sp³-hybridized carbons (Fsp3) is 0.647. The molecule has 2 rings (SSSR count). The summed E-state index contributed by atoms with van der Waals surface area (Å²) in [5, 5.41) is 0.0296. The standard InChI is InChI=1S/C17H26O5Si/c1-17(2,3)23(5,6)22-16-14-11(9-18)7-8-12(14)13(10-21-16)15(19)20-4/h7,9-10,12,14,16H,8H2,1-6H3. The summed E-state index contributed by atoms with van der Waals surface area (Å²) in [4.78, 5) is 23.4. The molecule has 0 N–H and O–H groups in total. The Morgan fingerprint density at radius 1 is 1.39 bits per heavy atom. The van der Waals surface area contributed by atoms with Crippen molar-refractivity contribution in [3.63, 3.8) is 0 Å². The van der Waals surface area contributed by atoms with Crippen molar-refractivity contribution in [3.05, 3.63) is 23.5 Å². The minimum absolute atomic E-state index is 0.0296. The molecule has 23 heavy (non-hydrogen) atoms. The molecule has 2 aliphatic rings. The summed E-state index contributed by atoms with van der Waals surface area (Å²) >= 11 is 0. The number of hydrogen-bond donors (Lipinski definition) is 0. The van der Waals surface area contributed by atoms with E-state index in [9.17, 15) is 9.59 Å². The van der Waals surface area contributed by atoms with Crippen molar-refractivity contribution in [1.82, 2.24) is 0 Å². The van der Waals surface area contributed by atoms with Gasteiger partial charge in [-0.3, -0.25) is 4.79 Å². The SMILES string of the molecule is COC(=O)C1=COC(O[Si](C)(C)C(C)(C)C)C2C(C=O)=CCC12. The molecular formula is C17H26O5Si. The van der Waals surface area contributed by atoms with Crippen molar-refractivity contribution in [3.8, 4) is 0 Å². The second kappa shape index (κ2) is 6.24. The molecule has 0 aromatic rings. The zero-order valence-electron chi connectivity index (χ0n) is 14.7. The van der Waals surface area contributed by atoms with Gasteiger partial charge in [-0.05, 0) is 30.1 Å². The molecular weight excluding hydrogens is 312 g/mol. The van der Waals surface area contributed by atoms with Crippen molar-refractivity contribution >= 4 is 20.6 Å². The van der Waals surface area contributed by atoms with Crippen LogP contribution in [0.2, 0.25) is 18.1 Å². The van der Waals surface area contributed by atoms with Gasteiger partial charge in [-0.2, -0.15) is 0 Å². The fourth-order valence-electron chi connectivity index (χ4n) is 2.77. The zero-order chi connectivity index (χ0) is 17.4. The predicted molar refractivity (Wildman–Crippen MR) is 89.0 cm³/mol. The molecule has 0 radical (unpaired) electrons. The highest BCUT2D eigenvalue weighted by molar-refractivity contribution is 6.74. The molecule has 0 bridgehead atoms. The molecule has 0 saturated carbocycles. The van der Waals surface area contributed by atoms with Crippen molar-refractivity contribution < 1.29 is 23.5 Å².